The van der Waals surface area contributed by atoms with Gasteiger partial charge in [-0.2, -0.15) is 0 Å². The number of sulfonamides is 1. The fourth-order valence-electron chi connectivity index (χ4n) is 1.79. The lowest BCUT2D eigenvalue weighted by Gasteiger charge is -2.25. The normalized spacial score (nSPS) is 11.3. The Hall–Kier alpha value is -1.56. The molecule has 5 nitrogen and oxygen atoms in total. The number of aryl methyl sites for hydroxylation is 2. The molecule has 1 rings (SSSR count). The topological polar surface area (TPSA) is 74.7 Å². The second kappa shape index (κ2) is 5.39. The van der Waals surface area contributed by atoms with Gasteiger partial charge in [-0.25, -0.2) is 8.42 Å². The SMILES string of the molecule is CCS(=O)(=O)N(CC(=O)O)c1c(C)cccc1C. The van der Waals surface area contributed by atoms with Crippen LogP contribution in [-0.2, 0) is 14.8 Å². The average molecular weight is 271 g/mol. The number of hydrogen-bond acceptors (Lipinski definition) is 3. The highest BCUT2D eigenvalue weighted by molar-refractivity contribution is 7.92. The molecule has 0 bridgehead atoms. The third-order valence-electron chi connectivity index (χ3n) is 2.67. The molecule has 0 heterocycles. The van der Waals surface area contributed by atoms with Gasteiger partial charge in [0.15, 0.2) is 0 Å². The first-order valence-corrected chi connectivity index (χ1v) is 7.19. The number of carbonyl (C=O) groups is 1. The number of aliphatic carboxylic acids is 1. The van der Waals surface area contributed by atoms with Crippen LogP contribution in [0.1, 0.15) is 18.1 Å². The maximum atomic E-state index is 12.0. The fourth-order valence-corrected chi connectivity index (χ4v) is 2.98. The molecule has 0 amide bonds. The molecule has 0 atom stereocenters. The molecule has 1 N–H and O–H groups in total. The highest BCUT2D eigenvalue weighted by atomic mass is 32.2. The number of nitrogens with zero attached hydrogens (tertiary/aromatic N) is 1. The van der Waals surface area contributed by atoms with Crippen LogP contribution in [0.3, 0.4) is 0 Å². The standard InChI is InChI=1S/C12H17NO4S/c1-4-18(16,17)13(8-11(14)15)12-9(2)6-5-7-10(12)3/h5-7H,4,8H2,1-3H3,(H,14,15). The van der Waals surface area contributed by atoms with Gasteiger partial charge in [-0.1, -0.05) is 18.2 Å². The molecular weight excluding hydrogens is 254 g/mol. The van der Waals surface area contributed by atoms with E-state index >= 15 is 0 Å². The van der Waals surface area contributed by atoms with E-state index in [0.29, 0.717) is 5.69 Å². The number of para-hydroxylation sites is 1. The molecule has 1 aromatic carbocycles. The molecule has 6 heteroatoms. The Morgan fingerprint density at radius 3 is 2.17 bits per heavy atom. The summed E-state index contributed by atoms with van der Waals surface area (Å²) < 4.78 is 25.0. The van der Waals surface area contributed by atoms with E-state index in [1.54, 1.807) is 26.0 Å². The second-order valence-electron chi connectivity index (χ2n) is 4.04. The van der Waals surface area contributed by atoms with Crippen LogP contribution in [0.25, 0.3) is 0 Å². The summed E-state index contributed by atoms with van der Waals surface area (Å²) in [5.74, 6) is -1.30. The lowest BCUT2D eigenvalue weighted by atomic mass is 10.1. The van der Waals surface area contributed by atoms with Gasteiger partial charge in [0.2, 0.25) is 10.0 Å². The van der Waals surface area contributed by atoms with Crippen molar-refractivity contribution in [2.75, 3.05) is 16.6 Å². The van der Waals surface area contributed by atoms with Crippen LogP contribution >= 0.6 is 0 Å². The largest absolute Gasteiger partial charge is 0.480 e. The van der Waals surface area contributed by atoms with Gasteiger partial charge in [-0.15, -0.1) is 0 Å². The van der Waals surface area contributed by atoms with Crippen molar-refractivity contribution >= 4 is 21.7 Å². The zero-order valence-corrected chi connectivity index (χ0v) is 11.5. The third-order valence-corrected chi connectivity index (χ3v) is 4.38. The second-order valence-corrected chi connectivity index (χ2v) is 6.22. The van der Waals surface area contributed by atoms with Gasteiger partial charge < -0.3 is 5.11 Å². The van der Waals surface area contributed by atoms with Crippen molar-refractivity contribution in [1.29, 1.82) is 0 Å². The van der Waals surface area contributed by atoms with Gasteiger partial charge in [-0.3, -0.25) is 9.10 Å². The fraction of sp³-hybridized carbons (Fsp3) is 0.417. The molecular formula is C12H17NO4S. The summed E-state index contributed by atoms with van der Waals surface area (Å²) in [7, 11) is -3.60. The van der Waals surface area contributed by atoms with Gasteiger partial charge in [-0.05, 0) is 31.9 Å². The van der Waals surface area contributed by atoms with Gasteiger partial charge in [0.1, 0.15) is 6.54 Å². The van der Waals surface area contributed by atoms with Crippen LogP contribution in [0.2, 0.25) is 0 Å². The third kappa shape index (κ3) is 3.01. The first-order chi connectivity index (χ1) is 8.29. The Kier molecular flexibility index (Phi) is 4.34. The molecule has 0 unspecified atom stereocenters. The summed E-state index contributed by atoms with van der Waals surface area (Å²) in [6.07, 6.45) is 0. The molecule has 0 radical (unpaired) electrons. The number of anilines is 1. The highest BCUT2D eigenvalue weighted by Gasteiger charge is 2.25. The molecule has 0 fully saturated rings. The monoisotopic (exact) mass is 271 g/mol. The molecule has 0 aliphatic carbocycles. The van der Waals surface area contributed by atoms with Crippen LogP contribution in [0, 0.1) is 13.8 Å². The average Bonchev–Trinajstić information content (AvgIpc) is 2.27. The predicted octanol–water partition coefficient (Wildman–Crippen LogP) is 1.54. The molecule has 18 heavy (non-hydrogen) atoms. The maximum Gasteiger partial charge on any atom is 0.324 e. The molecule has 0 saturated heterocycles. The van der Waals surface area contributed by atoms with E-state index in [-0.39, 0.29) is 5.75 Å². The Balaban J connectivity index is 3.40. The van der Waals surface area contributed by atoms with Gasteiger partial charge in [0.05, 0.1) is 11.4 Å². The predicted molar refractivity (Wildman–Crippen MR) is 70.4 cm³/mol. The van der Waals surface area contributed by atoms with Crippen molar-refractivity contribution in [1.82, 2.24) is 0 Å². The molecule has 0 aliphatic rings. The first kappa shape index (κ1) is 14.5. The first-order valence-electron chi connectivity index (χ1n) is 5.58. The van der Waals surface area contributed by atoms with E-state index in [4.69, 9.17) is 5.11 Å². The number of carboxylic acid groups (broad SMARTS) is 1. The number of benzene rings is 1. The van der Waals surface area contributed by atoms with E-state index in [2.05, 4.69) is 0 Å². The zero-order chi connectivity index (χ0) is 13.9. The van der Waals surface area contributed by atoms with Crippen molar-refractivity contribution in [3.63, 3.8) is 0 Å². The van der Waals surface area contributed by atoms with Crippen molar-refractivity contribution in [2.45, 2.75) is 20.8 Å². The Morgan fingerprint density at radius 2 is 1.78 bits per heavy atom. The van der Waals surface area contributed by atoms with Crippen LogP contribution in [0.4, 0.5) is 5.69 Å². The minimum absolute atomic E-state index is 0.131. The highest BCUT2D eigenvalue weighted by Crippen LogP contribution is 2.26. The van der Waals surface area contributed by atoms with Crippen molar-refractivity contribution in [3.05, 3.63) is 29.3 Å². The Morgan fingerprint density at radius 1 is 1.28 bits per heavy atom. The van der Waals surface area contributed by atoms with Crippen molar-refractivity contribution in [3.8, 4) is 0 Å². The quantitative estimate of drug-likeness (QED) is 0.881. The maximum absolute atomic E-state index is 12.0. The van der Waals surface area contributed by atoms with Crippen LogP contribution in [-0.4, -0.2) is 31.8 Å². The molecule has 0 aliphatic heterocycles. The smallest absolute Gasteiger partial charge is 0.324 e. The van der Waals surface area contributed by atoms with E-state index < -0.39 is 22.5 Å². The molecule has 0 spiro atoms. The van der Waals surface area contributed by atoms with E-state index in [0.717, 1.165) is 15.4 Å². The van der Waals surface area contributed by atoms with Crippen LogP contribution in [0.15, 0.2) is 18.2 Å². The van der Waals surface area contributed by atoms with Crippen molar-refractivity contribution < 1.29 is 18.3 Å². The van der Waals surface area contributed by atoms with E-state index in [1.165, 1.54) is 6.92 Å². The summed E-state index contributed by atoms with van der Waals surface area (Å²) in [5.41, 5.74) is 1.95. The van der Waals surface area contributed by atoms with Crippen molar-refractivity contribution in [2.24, 2.45) is 0 Å². The number of rotatable bonds is 5. The lowest BCUT2D eigenvalue weighted by molar-refractivity contribution is -0.135. The lowest BCUT2D eigenvalue weighted by Crippen LogP contribution is -2.37. The number of hydrogen-bond donors (Lipinski definition) is 1. The van der Waals surface area contributed by atoms with Gasteiger partial charge in [0.25, 0.3) is 0 Å². The van der Waals surface area contributed by atoms with E-state index in [1.807, 2.05) is 6.07 Å². The summed E-state index contributed by atoms with van der Waals surface area (Å²) in [6.45, 7) is 4.48. The number of carboxylic acids is 1. The summed E-state index contributed by atoms with van der Waals surface area (Å²) >= 11 is 0. The summed E-state index contributed by atoms with van der Waals surface area (Å²) in [5, 5.41) is 8.88. The van der Waals surface area contributed by atoms with Crippen LogP contribution in [0.5, 0.6) is 0 Å². The van der Waals surface area contributed by atoms with Gasteiger partial charge in [0, 0.05) is 0 Å². The minimum atomic E-state index is -3.60. The van der Waals surface area contributed by atoms with E-state index in [9.17, 15) is 13.2 Å². The zero-order valence-electron chi connectivity index (χ0n) is 10.7. The van der Waals surface area contributed by atoms with Crippen LogP contribution < -0.4 is 4.31 Å². The minimum Gasteiger partial charge on any atom is -0.480 e. The molecule has 1 aromatic rings. The molecule has 0 saturated carbocycles. The summed E-state index contributed by atoms with van der Waals surface area (Å²) in [6, 6.07) is 5.34. The molecule has 100 valence electrons. The Bertz CT molecular complexity index is 531. The van der Waals surface area contributed by atoms with Gasteiger partial charge >= 0.3 is 5.97 Å². The molecule has 0 aromatic heterocycles. The summed E-state index contributed by atoms with van der Waals surface area (Å²) in [4.78, 5) is 10.9. The Labute approximate surface area is 107 Å².